The summed E-state index contributed by atoms with van der Waals surface area (Å²) in [5.41, 5.74) is 2.02. The molecule has 0 N–H and O–H groups in total. The molecule has 3 nitrogen and oxygen atoms in total. The molecule has 19 heavy (non-hydrogen) atoms. The molecule has 0 unspecified atom stereocenters. The van der Waals surface area contributed by atoms with Crippen LogP contribution in [-0.2, 0) is 5.04 Å². The molecule has 0 bridgehead atoms. The normalized spacial score (nSPS) is 9.68. The third-order valence-electron chi connectivity index (χ3n) is 2.49. The summed E-state index contributed by atoms with van der Waals surface area (Å²) in [6.07, 6.45) is 3.50. The van der Waals surface area contributed by atoms with E-state index in [2.05, 4.69) is 13.2 Å². The minimum Gasteiger partial charge on any atom is -0.299 e. The van der Waals surface area contributed by atoms with Crippen molar-refractivity contribution in [3.8, 4) is 11.5 Å². The van der Waals surface area contributed by atoms with Crippen molar-refractivity contribution in [3.05, 3.63) is 72.8 Å². The average molecular weight is 254 g/mol. The van der Waals surface area contributed by atoms with E-state index in [1.54, 1.807) is 36.4 Å². The van der Waals surface area contributed by atoms with Gasteiger partial charge in [-0.15, -0.1) is 0 Å². The van der Waals surface area contributed by atoms with Crippen molar-refractivity contribution in [2.24, 2.45) is 0 Å². The Hall–Kier alpha value is -2.52. The van der Waals surface area contributed by atoms with Crippen LogP contribution in [0.15, 0.2) is 61.7 Å². The Morgan fingerprint density at radius 1 is 0.632 bits per heavy atom. The van der Waals surface area contributed by atoms with E-state index < -0.39 is 0 Å². The van der Waals surface area contributed by atoms with Gasteiger partial charge in [-0.1, -0.05) is 49.6 Å². The minimum atomic E-state index is 0.549. The lowest BCUT2D eigenvalue weighted by Crippen LogP contribution is -2.01. The zero-order valence-corrected chi connectivity index (χ0v) is 10.4. The zero-order chi connectivity index (χ0) is 13.5. The molecule has 0 saturated heterocycles. The average Bonchev–Trinajstić information content (AvgIpc) is 2.49. The Balaban J connectivity index is 1.84. The van der Waals surface area contributed by atoms with E-state index in [1.807, 2.05) is 24.3 Å². The van der Waals surface area contributed by atoms with Crippen molar-refractivity contribution in [2.75, 3.05) is 0 Å². The molecule has 0 aliphatic heterocycles. The standard InChI is InChI=1S/C16H14O3/c1-3-13-5-9-15(10-6-13)17-19-18-16-11-7-14(4-2)8-12-16/h3-12H,1-2H2. The zero-order valence-electron chi connectivity index (χ0n) is 10.4. The largest absolute Gasteiger partial charge is 0.299 e. The van der Waals surface area contributed by atoms with Crippen LogP contribution in [0.5, 0.6) is 11.5 Å². The molecule has 3 heteroatoms. The molecule has 2 aromatic rings. The van der Waals surface area contributed by atoms with Gasteiger partial charge in [-0.05, 0) is 35.4 Å². The Labute approximate surface area is 112 Å². The monoisotopic (exact) mass is 254 g/mol. The minimum absolute atomic E-state index is 0.549. The maximum Gasteiger partial charge on any atom is 0.169 e. The van der Waals surface area contributed by atoms with Gasteiger partial charge in [0.1, 0.15) is 0 Å². The molecular formula is C16H14O3. The van der Waals surface area contributed by atoms with E-state index in [0.29, 0.717) is 11.5 Å². The van der Waals surface area contributed by atoms with Crippen molar-refractivity contribution < 1.29 is 14.8 Å². The van der Waals surface area contributed by atoms with Crippen molar-refractivity contribution in [1.29, 1.82) is 0 Å². The van der Waals surface area contributed by atoms with E-state index in [1.165, 1.54) is 0 Å². The first-order chi connectivity index (χ1) is 9.31. The fourth-order valence-corrected chi connectivity index (χ4v) is 1.41. The van der Waals surface area contributed by atoms with Gasteiger partial charge in [0.05, 0.1) is 0 Å². The second-order valence-electron chi connectivity index (χ2n) is 3.78. The van der Waals surface area contributed by atoms with E-state index in [0.717, 1.165) is 11.1 Å². The molecular weight excluding hydrogens is 240 g/mol. The van der Waals surface area contributed by atoms with Crippen molar-refractivity contribution in [1.82, 2.24) is 0 Å². The van der Waals surface area contributed by atoms with E-state index in [9.17, 15) is 0 Å². The summed E-state index contributed by atoms with van der Waals surface area (Å²) in [6.45, 7) is 7.35. The van der Waals surface area contributed by atoms with Crippen LogP contribution in [0.3, 0.4) is 0 Å². The highest BCUT2D eigenvalue weighted by atomic mass is 17.5. The fourth-order valence-electron chi connectivity index (χ4n) is 1.41. The summed E-state index contributed by atoms with van der Waals surface area (Å²) in [6, 6.07) is 14.5. The number of rotatable bonds is 6. The molecule has 0 heterocycles. The van der Waals surface area contributed by atoms with Crippen molar-refractivity contribution in [3.63, 3.8) is 0 Å². The van der Waals surface area contributed by atoms with Gasteiger partial charge in [0.2, 0.25) is 0 Å². The predicted octanol–water partition coefficient (Wildman–Crippen LogP) is 4.28. The lowest BCUT2D eigenvalue weighted by Gasteiger charge is -2.04. The fraction of sp³-hybridized carbons (Fsp3) is 0. The quantitative estimate of drug-likeness (QED) is 0.569. The summed E-state index contributed by atoms with van der Waals surface area (Å²) in [7, 11) is 0. The Bertz CT molecular complexity index is 490. The van der Waals surface area contributed by atoms with Gasteiger partial charge in [0.15, 0.2) is 11.5 Å². The van der Waals surface area contributed by atoms with E-state index in [4.69, 9.17) is 14.8 Å². The Morgan fingerprint density at radius 3 is 1.32 bits per heavy atom. The first-order valence-corrected chi connectivity index (χ1v) is 5.78. The summed E-state index contributed by atoms with van der Waals surface area (Å²) in [4.78, 5) is 9.98. The third kappa shape index (κ3) is 3.72. The SMILES string of the molecule is C=Cc1ccc(OOOc2ccc(C=C)cc2)cc1. The van der Waals surface area contributed by atoms with Crippen LogP contribution in [0.25, 0.3) is 12.2 Å². The van der Waals surface area contributed by atoms with Gasteiger partial charge in [-0.25, -0.2) is 0 Å². The highest BCUT2D eigenvalue weighted by Crippen LogP contribution is 2.16. The Kier molecular flexibility index (Phi) is 4.37. The lowest BCUT2D eigenvalue weighted by atomic mass is 10.2. The number of hydrogen-bond donors (Lipinski definition) is 0. The molecule has 0 amide bonds. The van der Waals surface area contributed by atoms with Crippen molar-refractivity contribution in [2.45, 2.75) is 0 Å². The molecule has 0 aromatic heterocycles. The van der Waals surface area contributed by atoms with Gasteiger partial charge in [-0.3, -0.25) is 9.78 Å². The first kappa shape index (κ1) is 12.9. The smallest absolute Gasteiger partial charge is 0.169 e. The number of benzene rings is 2. The van der Waals surface area contributed by atoms with E-state index in [-0.39, 0.29) is 0 Å². The molecule has 0 spiro atoms. The highest BCUT2D eigenvalue weighted by Gasteiger charge is 1.98. The summed E-state index contributed by atoms with van der Waals surface area (Å²) in [5.74, 6) is 1.10. The van der Waals surface area contributed by atoms with Gasteiger partial charge in [0, 0.05) is 5.04 Å². The highest BCUT2D eigenvalue weighted by molar-refractivity contribution is 5.48. The van der Waals surface area contributed by atoms with Crippen LogP contribution in [-0.4, -0.2) is 0 Å². The molecule has 0 aliphatic rings. The summed E-state index contributed by atoms with van der Waals surface area (Å²) in [5, 5.41) is 4.70. The van der Waals surface area contributed by atoms with Gasteiger partial charge >= 0.3 is 0 Å². The van der Waals surface area contributed by atoms with Gasteiger partial charge in [0.25, 0.3) is 0 Å². The Morgan fingerprint density at radius 2 is 1.00 bits per heavy atom. The maximum atomic E-state index is 4.99. The maximum absolute atomic E-state index is 4.99. The summed E-state index contributed by atoms with van der Waals surface area (Å²) >= 11 is 0. The predicted molar refractivity (Wildman–Crippen MR) is 75.4 cm³/mol. The summed E-state index contributed by atoms with van der Waals surface area (Å²) < 4.78 is 0. The lowest BCUT2D eigenvalue weighted by molar-refractivity contribution is -0.411. The molecule has 0 fully saturated rings. The second-order valence-corrected chi connectivity index (χ2v) is 3.78. The van der Waals surface area contributed by atoms with Gasteiger partial charge in [-0.2, -0.15) is 0 Å². The topological polar surface area (TPSA) is 27.7 Å². The van der Waals surface area contributed by atoms with Crippen LogP contribution < -0.4 is 9.78 Å². The third-order valence-corrected chi connectivity index (χ3v) is 2.49. The van der Waals surface area contributed by atoms with Crippen LogP contribution >= 0.6 is 0 Å². The molecule has 2 rings (SSSR count). The molecule has 0 saturated carbocycles. The molecule has 0 atom stereocenters. The van der Waals surface area contributed by atoms with Crippen LogP contribution in [0, 0.1) is 0 Å². The van der Waals surface area contributed by atoms with Crippen LogP contribution in [0.2, 0.25) is 0 Å². The molecule has 2 aromatic carbocycles. The van der Waals surface area contributed by atoms with Gasteiger partial charge < -0.3 is 0 Å². The van der Waals surface area contributed by atoms with Crippen LogP contribution in [0.1, 0.15) is 11.1 Å². The molecule has 0 radical (unpaired) electrons. The van der Waals surface area contributed by atoms with Crippen molar-refractivity contribution >= 4 is 12.2 Å². The molecule has 96 valence electrons. The second kappa shape index (κ2) is 6.42. The van der Waals surface area contributed by atoms with E-state index >= 15 is 0 Å². The van der Waals surface area contributed by atoms with Crippen LogP contribution in [0.4, 0.5) is 0 Å². The molecule has 0 aliphatic carbocycles. The first-order valence-electron chi connectivity index (χ1n) is 5.78. The number of hydrogen-bond acceptors (Lipinski definition) is 3.